The first-order valence-electron chi connectivity index (χ1n) is 11.5. The number of rotatable bonds is 11. The molecule has 0 aliphatic carbocycles. The molecule has 0 fully saturated rings. The fraction of sp³-hybridized carbons (Fsp3) is 0.276. The average molecular weight is 463 g/mol. The van der Waals surface area contributed by atoms with Crippen LogP contribution in [0, 0.1) is 5.82 Å². The Morgan fingerprint density at radius 2 is 1.68 bits per heavy atom. The van der Waals surface area contributed by atoms with Crippen LogP contribution >= 0.6 is 0 Å². The van der Waals surface area contributed by atoms with E-state index >= 15 is 4.39 Å². The van der Waals surface area contributed by atoms with E-state index in [1.165, 1.54) is 0 Å². The molecule has 3 aromatic carbocycles. The van der Waals surface area contributed by atoms with Crippen molar-refractivity contribution in [2.75, 3.05) is 19.8 Å². The van der Waals surface area contributed by atoms with Crippen LogP contribution in [0.3, 0.4) is 0 Å². The van der Waals surface area contributed by atoms with Crippen LogP contribution in [0.5, 0.6) is 5.75 Å². The van der Waals surface area contributed by atoms with E-state index in [1.807, 2.05) is 48.5 Å². The van der Waals surface area contributed by atoms with Gasteiger partial charge in [0.1, 0.15) is 24.8 Å². The zero-order valence-electron chi connectivity index (χ0n) is 19.8. The predicted octanol–water partition coefficient (Wildman–Crippen LogP) is 6.15. The van der Waals surface area contributed by atoms with E-state index in [2.05, 4.69) is 19.6 Å². The van der Waals surface area contributed by atoms with Crippen molar-refractivity contribution in [2.45, 2.75) is 33.1 Å². The smallest absolute Gasteiger partial charge is 0.333 e. The SMILES string of the molecule is C=C(C)C(=O)OCCOc1ccc(-c2ccc(-c3ccc(CCCO)cc3CC)c(F)c2)cc1. The highest BCUT2D eigenvalue weighted by molar-refractivity contribution is 5.86. The molecule has 0 saturated carbocycles. The Labute approximate surface area is 200 Å². The lowest BCUT2D eigenvalue weighted by atomic mass is 9.93. The van der Waals surface area contributed by atoms with E-state index in [4.69, 9.17) is 14.6 Å². The van der Waals surface area contributed by atoms with Gasteiger partial charge in [0.25, 0.3) is 0 Å². The molecular formula is C29H31FO4. The summed E-state index contributed by atoms with van der Waals surface area (Å²) in [4.78, 5) is 11.4. The first kappa shape index (κ1) is 25.2. The molecule has 0 amide bonds. The summed E-state index contributed by atoms with van der Waals surface area (Å²) in [6.07, 6.45) is 2.33. The zero-order chi connectivity index (χ0) is 24.5. The number of aliphatic hydroxyl groups excluding tert-OH is 1. The molecule has 1 N–H and O–H groups in total. The van der Waals surface area contributed by atoms with Crippen LogP contribution in [-0.4, -0.2) is 30.9 Å². The van der Waals surface area contributed by atoms with Gasteiger partial charge in [0.2, 0.25) is 0 Å². The van der Waals surface area contributed by atoms with E-state index in [0.29, 0.717) is 16.9 Å². The minimum absolute atomic E-state index is 0.141. The maximum Gasteiger partial charge on any atom is 0.333 e. The van der Waals surface area contributed by atoms with Crippen molar-refractivity contribution < 1.29 is 23.8 Å². The number of esters is 1. The van der Waals surface area contributed by atoms with Crippen LogP contribution in [0.4, 0.5) is 4.39 Å². The third-order valence-corrected chi connectivity index (χ3v) is 5.55. The first-order valence-corrected chi connectivity index (χ1v) is 11.5. The van der Waals surface area contributed by atoms with Gasteiger partial charge in [0.05, 0.1) is 0 Å². The molecule has 0 saturated heterocycles. The third kappa shape index (κ3) is 6.55. The van der Waals surface area contributed by atoms with Gasteiger partial charge < -0.3 is 14.6 Å². The summed E-state index contributed by atoms with van der Waals surface area (Å²) in [6.45, 7) is 7.73. The van der Waals surface area contributed by atoms with Crippen molar-refractivity contribution in [3.63, 3.8) is 0 Å². The number of carbonyl (C=O) groups is 1. The third-order valence-electron chi connectivity index (χ3n) is 5.55. The molecule has 0 heterocycles. The Kier molecular flexibility index (Phi) is 9.00. The Morgan fingerprint density at radius 1 is 0.971 bits per heavy atom. The minimum atomic E-state index is -0.437. The number of halogens is 1. The summed E-state index contributed by atoms with van der Waals surface area (Å²) in [6, 6.07) is 18.8. The van der Waals surface area contributed by atoms with E-state index in [0.717, 1.165) is 47.1 Å². The van der Waals surface area contributed by atoms with Gasteiger partial charge in [-0.05, 0) is 72.2 Å². The largest absolute Gasteiger partial charge is 0.490 e. The molecule has 0 bridgehead atoms. The number of aryl methyl sites for hydroxylation is 2. The fourth-order valence-corrected chi connectivity index (χ4v) is 3.71. The molecule has 3 aromatic rings. The van der Waals surface area contributed by atoms with Gasteiger partial charge in [0.15, 0.2) is 0 Å². The molecule has 3 rings (SSSR count). The minimum Gasteiger partial charge on any atom is -0.490 e. The molecule has 0 aromatic heterocycles. The van der Waals surface area contributed by atoms with E-state index in [9.17, 15) is 4.79 Å². The highest BCUT2D eigenvalue weighted by atomic mass is 19.1. The number of aliphatic hydroxyl groups is 1. The van der Waals surface area contributed by atoms with Crippen LogP contribution in [0.1, 0.15) is 31.4 Å². The van der Waals surface area contributed by atoms with Gasteiger partial charge in [-0.15, -0.1) is 0 Å². The normalized spacial score (nSPS) is 10.7. The average Bonchev–Trinajstić information content (AvgIpc) is 2.85. The molecule has 0 atom stereocenters. The van der Waals surface area contributed by atoms with Crippen molar-refractivity contribution in [1.29, 1.82) is 0 Å². The zero-order valence-corrected chi connectivity index (χ0v) is 19.8. The molecule has 0 aliphatic heterocycles. The van der Waals surface area contributed by atoms with Crippen molar-refractivity contribution in [3.8, 4) is 28.0 Å². The summed E-state index contributed by atoms with van der Waals surface area (Å²) in [5.74, 6) is -0.0656. The van der Waals surface area contributed by atoms with Crippen molar-refractivity contribution in [2.24, 2.45) is 0 Å². The number of ether oxygens (including phenoxy) is 2. The lowest BCUT2D eigenvalue weighted by molar-refractivity contribution is -0.139. The van der Waals surface area contributed by atoms with Crippen LogP contribution in [0.2, 0.25) is 0 Å². The Balaban J connectivity index is 1.69. The van der Waals surface area contributed by atoms with Gasteiger partial charge in [-0.3, -0.25) is 0 Å². The summed E-state index contributed by atoms with van der Waals surface area (Å²) in [5.41, 5.74) is 5.74. The summed E-state index contributed by atoms with van der Waals surface area (Å²) >= 11 is 0. The topological polar surface area (TPSA) is 55.8 Å². The predicted molar refractivity (Wildman–Crippen MR) is 133 cm³/mol. The highest BCUT2D eigenvalue weighted by Gasteiger charge is 2.12. The lowest BCUT2D eigenvalue weighted by Crippen LogP contribution is -2.12. The number of hydrogen-bond acceptors (Lipinski definition) is 4. The number of benzene rings is 3. The summed E-state index contributed by atoms with van der Waals surface area (Å²) in [5, 5.41) is 9.07. The molecule has 0 aliphatic rings. The van der Waals surface area contributed by atoms with Crippen LogP contribution in [-0.2, 0) is 22.4 Å². The Bertz CT molecular complexity index is 1140. The van der Waals surface area contributed by atoms with Gasteiger partial charge in [-0.1, -0.05) is 56.0 Å². The molecule has 5 heteroatoms. The van der Waals surface area contributed by atoms with Crippen LogP contribution in [0.15, 0.2) is 72.8 Å². The van der Waals surface area contributed by atoms with E-state index in [-0.39, 0.29) is 25.6 Å². The molecule has 34 heavy (non-hydrogen) atoms. The number of carbonyl (C=O) groups excluding carboxylic acids is 1. The number of hydrogen-bond donors (Lipinski definition) is 1. The second-order valence-electron chi connectivity index (χ2n) is 8.16. The molecule has 178 valence electrons. The molecule has 0 unspecified atom stereocenters. The highest BCUT2D eigenvalue weighted by Crippen LogP contribution is 2.32. The maximum atomic E-state index is 15.1. The first-order chi connectivity index (χ1) is 16.4. The van der Waals surface area contributed by atoms with Crippen LogP contribution < -0.4 is 4.74 Å². The second-order valence-corrected chi connectivity index (χ2v) is 8.16. The van der Waals surface area contributed by atoms with Gasteiger partial charge in [-0.25, -0.2) is 9.18 Å². The summed E-state index contributed by atoms with van der Waals surface area (Å²) < 4.78 is 25.7. The van der Waals surface area contributed by atoms with Gasteiger partial charge in [-0.2, -0.15) is 0 Å². The second kappa shape index (κ2) is 12.1. The molecular weight excluding hydrogens is 431 g/mol. The molecule has 4 nitrogen and oxygen atoms in total. The van der Waals surface area contributed by atoms with Gasteiger partial charge in [0, 0.05) is 17.7 Å². The van der Waals surface area contributed by atoms with Crippen LogP contribution in [0.25, 0.3) is 22.3 Å². The monoisotopic (exact) mass is 462 g/mol. The Hall–Kier alpha value is -3.44. The summed E-state index contributed by atoms with van der Waals surface area (Å²) in [7, 11) is 0. The molecule has 0 radical (unpaired) electrons. The van der Waals surface area contributed by atoms with Gasteiger partial charge >= 0.3 is 5.97 Å². The maximum absolute atomic E-state index is 15.1. The molecule has 0 spiro atoms. The standard InChI is InChI=1S/C29H31FO4/c1-4-22-18-21(6-5-15-31)7-13-26(22)27-14-10-24(19-28(27)30)23-8-11-25(12-9-23)33-16-17-34-29(32)20(2)3/h7-14,18-19,31H,2,4-6,15-17H2,1,3H3. The quantitative estimate of drug-likeness (QED) is 0.211. The van der Waals surface area contributed by atoms with Crippen molar-refractivity contribution in [1.82, 2.24) is 0 Å². The van der Waals surface area contributed by atoms with Crippen molar-refractivity contribution in [3.05, 3.63) is 89.8 Å². The lowest BCUT2D eigenvalue weighted by Gasteiger charge is -2.13. The fourth-order valence-electron chi connectivity index (χ4n) is 3.71. The van der Waals surface area contributed by atoms with E-state index in [1.54, 1.807) is 13.0 Å². The van der Waals surface area contributed by atoms with E-state index < -0.39 is 5.97 Å². The van der Waals surface area contributed by atoms with Crippen molar-refractivity contribution >= 4 is 5.97 Å². The Morgan fingerprint density at radius 3 is 2.32 bits per heavy atom.